The van der Waals surface area contributed by atoms with Crippen LogP contribution in [0, 0.1) is 0 Å². The first-order chi connectivity index (χ1) is 6.20. The van der Waals surface area contributed by atoms with Crippen LogP contribution >= 0.6 is 0 Å². The van der Waals surface area contributed by atoms with Crippen LogP contribution in [0.25, 0.3) is 0 Å². The molecule has 0 amide bonds. The van der Waals surface area contributed by atoms with Crippen molar-refractivity contribution in [2.75, 3.05) is 0 Å². The van der Waals surface area contributed by atoms with Crippen LogP contribution in [0.4, 0.5) is 0 Å². The Morgan fingerprint density at radius 2 is 2.00 bits per heavy atom. The third-order valence-corrected chi connectivity index (χ3v) is 2.55. The summed E-state index contributed by atoms with van der Waals surface area (Å²) in [6, 6.07) is 4.22. The highest BCUT2D eigenvalue weighted by atomic mass is 14.7. The van der Waals surface area contributed by atoms with E-state index in [1.54, 1.807) is 0 Å². The quantitative estimate of drug-likeness (QED) is 0.592. The molecule has 1 heteroatoms. The minimum atomic E-state index is 0.316. The van der Waals surface area contributed by atoms with Gasteiger partial charge in [0, 0.05) is 17.3 Å². The summed E-state index contributed by atoms with van der Waals surface area (Å²) in [5, 5.41) is 0. The zero-order valence-corrected chi connectivity index (χ0v) is 9.09. The van der Waals surface area contributed by atoms with Crippen molar-refractivity contribution < 1.29 is 0 Å². The molecule has 13 heavy (non-hydrogen) atoms. The minimum absolute atomic E-state index is 0.316. The largest absolute Gasteiger partial charge is 0.260 e. The van der Waals surface area contributed by atoms with E-state index in [1.807, 2.05) is 26.1 Å². The average Bonchev–Trinajstić information content (AvgIpc) is 2.47. The molecule has 0 aromatic carbocycles. The molecule has 1 aliphatic carbocycles. The predicted molar refractivity (Wildman–Crippen MR) is 56.9 cm³/mol. The van der Waals surface area contributed by atoms with Gasteiger partial charge in [-0.3, -0.25) is 4.98 Å². The third-order valence-electron chi connectivity index (χ3n) is 2.55. The molecule has 0 radical (unpaired) electrons. The number of pyridine rings is 1. The summed E-state index contributed by atoms with van der Waals surface area (Å²) in [5.74, 6) is 0. The second-order valence-corrected chi connectivity index (χ2v) is 3.90. The van der Waals surface area contributed by atoms with E-state index in [1.165, 1.54) is 24.1 Å². The van der Waals surface area contributed by atoms with E-state index in [2.05, 4.69) is 24.9 Å². The van der Waals surface area contributed by atoms with Gasteiger partial charge in [-0.2, -0.15) is 0 Å². The fraction of sp³-hybridized carbons (Fsp3) is 0.583. The van der Waals surface area contributed by atoms with Crippen LogP contribution in [0.2, 0.25) is 0 Å². The van der Waals surface area contributed by atoms with Gasteiger partial charge in [0.1, 0.15) is 0 Å². The predicted octanol–water partition coefficient (Wildman–Crippen LogP) is 3.33. The Morgan fingerprint density at radius 1 is 1.31 bits per heavy atom. The highest BCUT2D eigenvalue weighted by Gasteiger charge is 2.30. The molecule has 0 saturated heterocycles. The van der Waals surface area contributed by atoms with Crippen molar-refractivity contribution in [2.24, 2.45) is 0 Å². The van der Waals surface area contributed by atoms with E-state index in [-0.39, 0.29) is 0 Å². The molecule has 0 aliphatic heterocycles. The summed E-state index contributed by atoms with van der Waals surface area (Å²) in [7, 11) is 0. The summed E-state index contributed by atoms with van der Waals surface area (Å²) in [6.07, 6.45) is 4.35. The maximum atomic E-state index is 4.41. The number of rotatable bonds is 0. The number of aromatic nitrogens is 1. The molecule has 2 rings (SSSR count). The fourth-order valence-electron chi connectivity index (χ4n) is 1.82. The molecule has 0 unspecified atom stereocenters. The maximum absolute atomic E-state index is 4.41. The third kappa shape index (κ3) is 1.90. The Hall–Kier alpha value is -0.850. The zero-order chi connectivity index (χ0) is 9.90. The van der Waals surface area contributed by atoms with E-state index in [9.17, 15) is 0 Å². The van der Waals surface area contributed by atoms with E-state index in [0.29, 0.717) is 5.41 Å². The van der Waals surface area contributed by atoms with Crippen LogP contribution in [0.3, 0.4) is 0 Å². The van der Waals surface area contributed by atoms with E-state index in [0.717, 1.165) is 0 Å². The number of hydrogen-bond acceptors (Lipinski definition) is 1. The van der Waals surface area contributed by atoms with Crippen molar-refractivity contribution in [1.29, 1.82) is 0 Å². The molecule has 0 fully saturated rings. The molecule has 1 nitrogen and oxygen atoms in total. The Morgan fingerprint density at radius 3 is 2.62 bits per heavy atom. The average molecular weight is 177 g/mol. The van der Waals surface area contributed by atoms with Crippen LogP contribution in [0.1, 0.15) is 45.4 Å². The molecule has 1 aromatic rings. The summed E-state index contributed by atoms with van der Waals surface area (Å²) in [6.45, 7) is 8.54. The van der Waals surface area contributed by atoms with Crippen molar-refractivity contribution in [2.45, 2.75) is 46.0 Å². The smallest absolute Gasteiger partial charge is 0.0491 e. The van der Waals surface area contributed by atoms with Crippen LogP contribution in [0.5, 0.6) is 0 Å². The molecular formula is C12H19N. The Labute approximate surface area is 81.2 Å². The molecule has 0 spiro atoms. The number of nitrogens with zero attached hydrogens (tertiary/aromatic N) is 1. The van der Waals surface area contributed by atoms with Gasteiger partial charge < -0.3 is 0 Å². The highest BCUT2D eigenvalue weighted by Crippen LogP contribution is 2.35. The SMILES string of the molecule is CC.CC1(C)CCc2cccnc21. The van der Waals surface area contributed by atoms with E-state index < -0.39 is 0 Å². The van der Waals surface area contributed by atoms with Crippen molar-refractivity contribution in [1.82, 2.24) is 4.98 Å². The lowest BCUT2D eigenvalue weighted by atomic mass is 9.91. The van der Waals surface area contributed by atoms with Gasteiger partial charge in [0.15, 0.2) is 0 Å². The van der Waals surface area contributed by atoms with Gasteiger partial charge in [0.25, 0.3) is 0 Å². The normalized spacial score (nSPS) is 17.2. The summed E-state index contributed by atoms with van der Waals surface area (Å²) in [5.41, 5.74) is 3.06. The van der Waals surface area contributed by atoms with Crippen LogP contribution in [-0.2, 0) is 11.8 Å². The molecule has 0 N–H and O–H groups in total. The number of fused-ring (bicyclic) bond motifs is 1. The summed E-state index contributed by atoms with van der Waals surface area (Å²) >= 11 is 0. The fourth-order valence-corrected chi connectivity index (χ4v) is 1.82. The first-order valence-corrected chi connectivity index (χ1v) is 5.14. The molecule has 72 valence electrons. The summed E-state index contributed by atoms with van der Waals surface area (Å²) in [4.78, 5) is 4.41. The van der Waals surface area contributed by atoms with Gasteiger partial charge >= 0.3 is 0 Å². The lowest BCUT2D eigenvalue weighted by Gasteiger charge is -2.16. The molecule has 0 bridgehead atoms. The first kappa shape index (κ1) is 10.2. The van der Waals surface area contributed by atoms with Crippen LogP contribution in [-0.4, -0.2) is 4.98 Å². The topological polar surface area (TPSA) is 12.9 Å². The lowest BCUT2D eigenvalue weighted by Crippen LogP contribution is -2.13. The van der Waals surface area contributed by atoms with Crippen molar-refractivity contribution in [3.63, 3.8) is 0 Å². The molecular weight excluding hydrogens is 158 g/mol. The second kappa shape index (κ2) is 3.91. The van der Waals surface area contributed by atoms with E-state index >= 15 is 0 Å². The molecule has 1 aromatic heterocycles. The van der Waals surface area contributed by atoms with Crippen LogP contribution in [0.15, 0.2) is 18.3 Å². The lowest BCUT2D eigenvalue weighted by molar-refractivity contribution is 0.509. The Bertz CT molecular complexity index is 276. The van der Waals surface area contributed by atoms with E-state index in [4.69, 9.17) is 0 Å². The molecule has 1 heterocycles. The van der Waals surface area contributed by atoms with Gasteiger partial charge in [-0.1, -0.05) is 33.8 Å². The second-order valence-electron chi connectivity index (χ2n) is 3.90. The minimum Gasteiger partial charge on any atom is -0.260 e. The van der Waals surface area contributed by atoms with Gasteiger partial charge in [-0.25, -0.2) is 0 Å². The number of hydrogen-bond donors (Lipinski definition) is 0. The van der Waals surface area contributed by atoms with Gasteiger partial charge in [-0.05, 0) is 24.5 Å². The van der Waals surface area contributed by atoms with Gasteiger partial charge in [0.05, 0.1) is 0 Å². The standard InChI is InChI=1S/C10H13N.C2H6/c1-10(2)6-5-8-4-3-7-11-9(8)10;1-2/h3-4,7H,5-6H2,1-2H3;1-2H3. The maximum Gasteiger partial charge on any atom is 0.0491 e. The summed E-state index contributed by atoms with van der Waals surface area (Å²) < 4.78 is 0. The van der Waals surface area contributed by atoms with Gasteiger partial charge in [-0.15, -0.1) is 0 Å². The molecule has 0 atom stereocenters. The highest BCUT2D eigenvalue weighted by molar-refractivity contribution is 5.31. The van der Waals surface area contributed by atoms with Crippen LogP contribution < -0.4 is 0 Å². The Balaban J connectivity index is 0.000000396. The van der Waals surface area contributed by atoms with Gasteiger partial charge in [0.2, 0.25) is 0 Å². The molecule has 1 aliphatic rings. The Kier molecular flexibility index (Phi) is 3.07. The van der Waals surface area contributed by atoms with Crippen molar-refractivity contribution >= 4 is 0 Å². The first-order valence-electron chi connectivity index (χ1n) is 5.14. The number of aryl methyl sites for hydroxylation is 1. The van der Waals surface area contributed by atoms with Crippen molar-refractivity contribution in [3.8, 4) is 0 Å². The van der Waals surface area contributed by atoms with Crippen molar-refractivity contribution in [3.05, 3.63) is 29.6 Å². The zero-order valence-electron chi connectivity index (χ0n) is 9.09. The monoisotopic (exact) mass is 177 g/mol. The molecule has 0 saturated carbocycles.